The largest absolute Gasteiger partial charge is 0.508 e. The Kier molecular flexibility index (Phi) is 2.62. The maximum atomic E-state index is 11.7. The minimum atomic E-state index is 0.119. The summed E-state index contributed by atoms with van der Waals surface area (Å²) < 4.78 is 0. The van der Waals surface area contributed by atoms with Gasteiger partial charge in [0, 0.05) is 12.5 Å². The van der Waals surface area contributed by atoms with Gasteiger partial charge in [-0.05, 0) is 29.5 Å². The predicted molar refractivity (Wildman–Crippen MR) is 61.8 cm³/mol. The number of amides is 1. The van der Waals surface area contributed by atoms with E-state index in [1.54, 1.807) is 18.2 Å². The molecule has 3 heteroatoms. The van der Waals surface area contributed by atoms with Crippen molar-refractivity contribution < 1.29 is 9.90 Å². The van der Waals surface area contributed by atoms with E-state index in [2.05, 4.69) is 19.2 Å². The molecule has 2 rings (SSSR count). The smallest absolute Gasteiger partial charge is 0.223 e. The molecule has 1 unspecified atom stereocenters. The highest BCUT2D eigenvalue weighted by Crippen LogP contribution is 2.51. The number of hydrogen-bond donors (Lipinski definition) is 2. The SMILES string of the molecule is CC1(C)CC1C(=O)NCc1cccc(O)c1. The van der Waals surface area contributed by atoms with Crippen molar-refractivity contribution in [2.24, 2.45) is 11.3 Å². The molecule has 86 valence electrons. The average Bonchev–Trinajstić information content (AvgIpc) is 2.85. The van der Waals surface area contributed by atoms with Crippen LogP contribution in [0.4, 0.5) is 0 Å². The number of carbonyl (C=O) groups is 1. The van der Waals surface area contributed by atoms with Crippen molar-refractivity contribution in [1.29, 1.82) is 0 Å². The van der Waals surface area contributed by atoms with Gasteiger partial charge >= 0.3 is 0 Å². The Balaban J connectivity index is 1.86. The molecule has 1 saturated carbocycles. The average molecular weight is 219 g/mol. The number of phenols is 1. The molecule has 0 aliphatic heterocycles. The Morgan fingerprint density at radius 2 is 2.25 bits per heavy atom. The van der Waals surface area contributed by atoms with E-state index in [1.165, 1.54) is 0 Å². The Bertz CT molecular complexity index is 412. The van der Waals surface area contributed by atoms with Crippen LogP contribution in [-0.2, 0) is 11.3 Å². The summed E-state index contributed by atoms with van der Waals surface area (Å²) in [5.41, 5.74) is 1.09. The van der Waals surface area contributed by atoms with Crippen LogP contribution in [0.25, 0.3) is 0 Å². The zero-order valence-corrected chi connectivity index (χ0v) is 9.66. The van der Waals surface area contributed by atoms with Gasteiger partial charge in [-0.15, -0.1) is 0 Å². The lowest BCUT2D eigenvalue weighted by Crippen LogP contribution is -2.25. The molecular weight excluding hydrogens is 202 g/mol. The zero-order valence-electron chi connectivity index (χ0n) is 9.66. The molecule has 1 aromatic rings. The molecule has 1 aromatic carbocycles. The molecule has 0 saturated heterocycles. The van der Waals surface area contributed by atoms with Crippen LogP contribution in [-0.4, -0.2) is 11.0 Å². The number of rotatable bonds is 3. The Morgan fingerprint density at radius 1 is 1.56 bits per heavy atom. The van der Waals surface area contributed by atoms with Gasteiger partial charge in [0.2, 0.25) is 5.91 Å². The number of phenolic OH excluding ortho intramolecular Hbond substituents is 1. The summed E-state index contributed by atoms with van der Waals surface area (Å²) in [5.74, 6) is 0.511. The van der Waals surface area contributed by atoms with Gasteiger partial charge in [-0.3, -0.25) is 4.79 Å². The molecule has 0 bridgehead atoms. The lowest BCUT2D eigenvalue weighted by Gasteiger charge is -2.06. The van der Waals surface area contributed by atoms with Crippen molar-refractivity contribution in [3.05, 3.63) is 29.8 Å². The number of hydrogen-bond acceptors (Lipinski definition) is 2. The third-order valence-electron chi connectivity index (χ3n) is 3.21. The third kappa shape index (κ3) is 2.35. The van der Waals surface area contributed by atoms with Gasteiger partial charge < -0.3 is 10.4 Å². The maximum Gasteiger partial charge on any atom is 0.223 e. The molecule has 1 aliphatic rings. The van der Waals surface area contributed by atoms with Gasteiger partial charge in [-0.2, -0.15) is 0 Å². The van der Waals surface area contributed by atoms with E-state index in [0.717, 1.165) is 12.0 Å². The van der Waals surface area contributed by atoms with Crippen molar-refractivity contribution in [3.8, 4) is 5.75 Å². The van der Waals surface area contributed by atoms with Crippen molar-refractivity contribution >= 4 is 5.91 Å². The summed E-state index contributed by atoms with van der Waals surface area (Å²) in [6.45, 7) is 4.69. The molecular formula is C13H17NO2. The molecule has 1 fully saturated rings. The van der Waals surface area contributed by atoms with Crippen LogP contribution in [0.15, 0.2) is 24.3 Å². The Hall–Kier alpha value is -1.51. The van der Waals surface area contributed by atoms with Crippen LogP contribution in [0.1, 0.15) is 25.8 Å². The second-order valence-electron chi connectivity index (χ2n) is 5.13. The highest BCUT2D eigenvalue weighted by Gasteiger charge is 2.50. The van der Waals surface area contributed by atoms with Crippen LogP contribution in [0.3, 0.4) is 0 Å². The van der Waals surface area contributed by atoms with Gasteiger partial charge in [0.15, 0.2) is 0 Å². The zero-order chi connectivity index (χ0) is 11.8. The second kappa shape index (κ2) is 3.81. The highest BCUT2D eigenvalue weighted by atomic mass is 16.3. The summed E-state index contributed by atoms with van der Waals surface area (Å²) in [6.07, 6.45) is 0.971. The second-order valence-corrected chi connectivity index (χ2v) is 5.13. The number of aromatic hydroxyl groups is 1. The molecule has 1 aliphatic carbocycles. The van der Waals surface area contributed by atoms with Gasteiger partial charge in [0.25, 0.3) is 0 Å². The summed E-state index contributed by atoms with van der Waals surface area (Å²) in [6, 6.07) is 6.95. The molecule has 0 radical (unpaired) electrons. The lowest BCUT2D eigenvalue weighted by molar-refractivity contribution is -0.123. The molecule has 0 aromatic heterocycles. The van der Waals surface area contributed by atoms with E-state index in [9.17, 15) is 9.90 Å². The van der Waals surface area contributed by atoms with Crippen molar-refractivity contribution in [1.82, 2.24) is 5.32 Å². The first-order valence-corrected chi connectivity index (χ1v) is 5.55. The van der Waals surface area contributed by atoms with E-state index < -0.39 is 0 Å². The summed E-state index contributed by atoms with van der Waals surface area (Å²) in [5, 5.41) is 12.2. The van der Waals surface area contributed by atoms with Gasteiger partial charge in [-0.25, -0.2) is 0 Å². The highest BCUT2D eigenvalue weighted by molar-refractivity contribution is 5.82. The van der Waals surface area contributed by atoms with Gasteiger partial charge in [0.1, 0.15) is 5.75 Å². The standard InChI is InChI=1S/C13H17NO2/c1-13(2)7-11(13)12(16)14-8-9-4-3-5-10(15)6-9/h3-6,11,15H,7-8H2,1-2H3,(H,14,16). The first-order chi connectivity index (χ1) is 7.49. The molecule has 0 heterocycles. The van der Waals surface area contributed by atoms with Crippen molar-refractivity contribution in [2.45, 2.75) is 26.8 Å². The molecule has 3 nitrogen and oxygen atoms in total. The fourth-order valence-corrected chi connectivity index (χ4v) is 1.89. The van der Waals surface area contributed by atoms with Crippen LogP contribution in [0.5, 0.6) is 5.75 Å². The summed E-state index contributed by atoms with van der Waals surface area (Å²) >= 11 is 0. The van der Waals surface area contributed by atoms with E-state index in [0.29, 0.717) is 6.54 Å². The molecule has 0 spiro atoms. The Labute approximate surface area is 95.5 Å². The fourth-order valence-electron chi connectivity index (χ4n) is 1.89. The van der Waals surface area contributed by atoms with Gasteiger partial charge in [-0.1, -0.05) is 26.0 Å². The number of carbonyl (C=O) groups excluding carboxylic acids is 1. The first kappa shape index (κ1) is 11.0. The molecule has 2 N–H and O–H groups in total. The first-order valence-electron chi connectivity index (χ1n) is 5.55. The van der Waals surface area contributed by atoms with E-state index in [-0.39, 0.29) is 23.0 Å². The normalized spacial score (nSPS) is 21.5. The molecule has 1 amide bonds. The minimum absolute atomic E-state index is 0.119. The topological polar surface area (TPSA) is 49.3 Å². The van der Waals surface area contributed by atoms with E-state index in [1.807, 2.05) is 6.07 Å². The summed E-state index contributed by atoms with van der Waals surface area (Å²) in [4.78, 5) is 11.7. The third-order valence-corrected chi connectivity index (χ3v) is 3.21. The lowest BCUT2D eigenvalue weighted by atomic mass is 10.1. The van der Waals surface area contributed by atoms with Crippen LogP contribution in [0, 0.1) is 11.3 Å². The maximum absolute atomic E-state index is 11.7. The summed E-state index contributed by atoms with van der Waals surface area (Å²) in [7, 11) is 0. The monoisotopic (exact) mass is 219 g/mol. The van der Waals surface area contributed by atoms with Crippen LogP contribution < -0.4 is 5.32 Å². The van der Waals surface area contributed by atoms with Gasteiger partial charge in [0.05, 0.1) is 0 Å². The van der Waals surface area contributed by atoms with Crippen molar-refractivity contribution in [2.75, 3.05) is 0 Å². The number of benzene rings is 1. The van der Waals surface area contributed by atoms with Crippen LogP contribution in [0.2, 0.25) is 0 Å². The molecule has 16 heavy (non-hydrogen) atoms. The fraction of sp³-hybridized carbons (Fsp3) is 0.462. The quantitative estimate of drug-likeness (QED) is 0.817. The molecule has 1 atom stereocenters. The van der Waals surface area contributed by atoms with E-state index >= 15 is 0 Å². The van der Waals surface area contributed by atoms with Crippen LogP contribution >= 0.6 is 0 Å². The van der Waals surface area contributed by atoms with E-state index in [4.69, 9.17) is 0 Å². The number of nitrogens with one attached hydrogen (secondary N) is 1. The minimum Gasteiger partial charge on any atom is -0.508 e. The van der Waals surface area contributed by atoms with Crippen molar-refractivity contribution in [3.63, 3.8) is 0 Å². The Morgan fingerprint density at radius 3 is 2.81 bits per heavy atom. The predicted octanol–water partition coefficient (Wildman–Crippen LogP) is 2.05.